The van der Waals surface area contributed by atoms with Crippen LogP contribution in [-0.4, -0.2) is 68.4 Å². The topological polar surface area (TPSA) is 82.5 Å². The van der Waals surface area contributed by atoms with E-state index in [4.69, 9.17) is 4.98 Å². The van der Waals surface area contributed by atoms with Gasteiger partial charge in [-0.3, -0.25) is 0 Å². The van der Waals surface area contributed by atoms with Crippen molar-refractivity contribution in [3.05, 3.63) is 90.3 Å². The van der Waals surface area contributed by atoms with Gasteiger partial charge in [0.05, 0.1) is 49.1 Å². The molecule has 0 aromatic heterocycles. The molecule has 1 aliphatic carbocycles. The van der Waals surface area contributed by atoms with Crippen LogP contribution in [0.2, 0.25) is 0 Å². The number of rotatable bonds is 7. The van der Waals surface area contributed by atoms with Crippen LogP contribution in [0.1, 0.15) is 0 Å². The van der Waals surface area contributed by atoms with Gasteiger partial charge >= 0.3 is 0 Å². The third-order valence-electron chi connectivity index (χ3n) is 10.7. The number of anilines is 9. The molecule has 0 radical (unpaired) electrons. The maximum Gasteiger partial charge on any atom is 0.209 e. The van der Waals surface area contributed by atoms with Crippen molar-refractivity contribution in [1.82, 2.24) is 9.56 Å². The van der Waals surface area contributed by atoms with Crippen LogP contribution in [0.15, 0.2) is 105 Å². The van der Waals surface area contributed by atoms with Crippen LogP contribution in [0, 0.1) is 0 Å². The fraction of sp³-hybridized carbons (Fsp3) is 0.200. The Balaban J connectivity index is 1.21. The van der Waals surface area contributed by atoms with Gasteiger partial charge in [-0.25, -0.2) is 9.56 Å². The quantitative estimate of drug-likeness (QED) is 0.0793. The Morgan fingerprint density at radius 2 is 1.18 bits per heavy atom. The summed E-state index contributed by atoms with van der Waals surface area (Å²) >= 11 is 5.43. The lowest BCUT2D eigenvalue weighted by Crippen LogP contribution is -2.24. The van der Waals surface area contributed by atoms with Gasteiger partial charge in [-0.2, -0.15) is 0 Å². The average Bonchev–Trinajstić information content (AvgIpc) is 3.21. The predicted molar refractivity (Wildman–Crippen MR) is 249 cm³/mol. The largest absolute Gasteiger partial charge is 0.388 e. The fourth-order valence-corrected chi connectivity index (χ4v) is 11.0. The average molecular weight is 809 g/mol. The molecule has 9 rings (SSSR count). The van der Waals surface area contributed by atoms with Crippen molar-refractivity contribution in [2.24, 2.45) is 0 Å². The molecule has 0 fully saturated rings. The minimum atomic E-state index is 0.958. The second kappa shape index (κ2) is 14.4. The molecule has 12 heteroatoms. The van der Waals surface area contributed by atoms with Gasteiger partial charge in [-0.15, -0.1) is 11.3 Å². The summed E-state index contributed by atoms with van der Waals surface area (Å²) in [6.45, 7) is 0. The summed E-state index contributed by atoms with van der Waals surface area (Å²) in [5, 5.41) is 19.2. The third kappa shape index (κ3) is 6.36. The number of aromatic nitrogens is 1. The molecule has 3 aliphatic heterocycles. The molecule has 9 nitrogen and oxygen atoms in total. The SMILES string of the molecule is CNc1cc2c(cc1-c1cc3nc4ccc(NC)c(-c5c(NC)ccc6c5Sc5cc(N(C)C)ccc5N6)c4sc-3cc1=[N+](C)C)Nc1ccc(N(C)C)cc1S2. The van der Waals surface area contributed by atoms with E-state index >= 15 is 0 Å². The first-order valence-electron chi connectivity index (χ1n) is 18.9. The number of hydrogen-bond acceptors (Lipinski definition) is 11. The van der Waals surface area contributed by atoms with Gasteiger partial charge in [-0.05, 0) is 78.9 Å². The molecule has 0 saturated heterocycles. The van der Waals surface area contributed by atoms with E-state index in [9.17, 15) is 0 Å². The molecular weight excluding hydrogens is 763 g/mol. The van der Waals surface area contributed by atoms with Gasteiger partial charge in [0.1, 0.15) is 14.1 Å². The van der Waals surface area contributed by atoms with Crippen LogP contribution < -0.4 is 46.3 Å². The highest BCUT2D eigenvalue weighted by molar-refractivity contribution is 8.00. The van der Waals surface area contributed by atoms with Gasteiger partial charge in [-0.1, -0.05) is 23.5 Å². The van der Waals surface area contributed by atoms with Crippen molar-refractivity contribution >= 4 is 96.3 Å². The Hall–Kier alpha value is -5.56. The van der Waals surface area contributed by atoms with Crippen LogP contribution in [0.4, 0.5) is 51.2 Å². The molecule has 4 aliphatic rings. The Labute approximate surface area is 346 Å². The number of nitrogens with one attached hydrogen (secondary N) is 5. The predicted octanol–water partition coefficient (Wildman–Crippen LogP) is 10.4. The molecule has 0 unspecified atom stereocenters. The first-order chi connectivity index (χ1) is 27.5. The van der Waals surface area contributed by atoms with Gasteiger partial charge in [0, 0.05) is 120 Å². The van der Waals surface area contributed by atoms with E-state index in [1.165, 1.54) is 31.0 Å². The summed E-state index contributed by atoms with van der Waals surface area (Å²) < 4.78 is 3.34. The van der Waals surface area contributed by atoms with Crippen molar-refractivity contribution in [3.8, 4) is 32.8 Å². The maximum atomic E-state index is 5.43. The molecule has 5 aromatic rings. The Morgan fingerprint density at radius 3 is 1.82 bits per heavy atom. The van der Waals surface area contributed by atoms with E-state index in [-0.39, 0.29) is 0 Å². The molecule has 0 amide bonds. The first-order valence-corrected chi connectivity index (χ1v) is 21.3. The molecule has 288 valence electrons. The summed E-state index contributed by atoms with van der Waals surface area (Å²) in [7, 11) is 18.6. The summed E-state index contributed by atoms with van der Waals surface area (Å²) in [4.78, 5) is 15.6. The van der Waals surface area contributed by atoms with E-state index in [2.05, 4.69) is 168 Å². The first kappa shape index (κ1) is 37.0. The highest BCUT2D eigenvalue weighted by atomic mass is 32.2. The normalized spacial score (nSPS) is 12.4. The van der Waals surface area contributed by atoms with Crippen molar-refractivity contribution in [2.45, 2.75) is 19.6 Å². The van der Waals surface area contributed by atoms with Crippen molar-refractivity contribution in [3.63, 3.8) is 0 Å². The van der Waals surface area contributed by atoms with Crippen LogP contribution in [0.25, 0.3) is 43.0 Å². The zero-order chi connectivity index (χ0) is 39.7. The van der Waals surface area contributed by atoms with E-state index in [0.717, 1.165) is 88.2 Å². The summed E-state index contributed by atoms with van der Waals surface area (Å²) in [6, 6.07) is 31.0. The van der Waals surface area contributed by atoms with Crippen molar-refractivity contribution < 1.29 is 0 Å². The van der Waals surface area contributed by atoms with Crippen molar-refractivity contribution in [2.75, 3.05) is 99.8 Å². The highest BCUT2D eigenvalue weighted by Crippen LogP contribution is 2.55. The van der Waals surface area contributed by atoms with E-state index in [1.807, 2.05) is 32.9 Å². The molecule has 5 aromatic carbocycles. The van der Waals surface area contributed by atoms with Gasteiger partial charge in [0.25, 0.3) is 0 Å². The van der Waals surface area contributed by atoms with Crippen LogP contribution in [-0.2, 0) is 0 Å². The number of hydrogen-bond donors (Lipinski definition) is 5. The maximum absolute atomic E-state index is 5.43. The Bertz CT molecular complexity index is 2800. The van der Waals surface area contributed by atoms with Gasteiger partial charge in [0.2, 0.25) is 5.36 Å². The van der Waals surface area contributed by atoms with Gasteiger partial charge in [0.15, 0.2) is 0 Å². The molecule has 0 bridgehead atoms. The number of fused-ring (bicyclic) bond motifs is 6. The smallest absolute Gasteiger partial charge is 0.209 e. The zero-order valence-electron chi connectivity index (χ0n) is 33.6. The van der Waals surface area contributed by atoms with E-state index in [1.54, 1.807) is 23.1 Å². The highest BCUT2D eigenvalue weighted by Gasteiger charge is 2.28. The molecule has 5 N–H and O–H groups in total. The molecular formula is C45H46N9S3+. The van der Waals surface area contributed by atoms with Crippen LogP contribution >= 0.6 is 34.9 Å². The standard InChI is InChI=1S/C45H45N9S3/c1-46-30-14-16-32-44(56-39-19-25(53(6)7)11-13-29(39)49-32)42(30)43-31(47-2)15-17-33-45(43)57-41-23-37(54(8)9)27(21-36(41)51-33)26-20-35-40(22-34(26)48-3)55-38-18-24(52(4)5)10-12-28(38)50-35/h10-23H,1-9H3,(H4,46,47,48,49,50,51)/p+1. The van der Waals surface area contributed by atoms with E-state index in [0.29, 0.717) is 0 Å². The summed E-state index contributed by atoms with van der Waals surface area (Å²) in [5.74, 6) is 0. The summed E-state index contributed by atoms with van der Waals surface area (Å²) in [6.07, 6.45) is 0. The molecule has 3 heterocycles. The lowest BCUT2D eigenvalue weighted by atomic mass is 9.98. The minimum absolute atomic E-state index is 0.958. The second-order valence-corrected chi connectivity index (χ2v) is 18.1. The van der Waals surface area contributed by atoms with Crippen LogP contribution in [0.3, 0.4) is 0 Å². The lowest BCUT2D eigenvalue weighted by Gasteiger charge is -2.27. The fourth-order valence-electron chi connectivity index (χ4n) is 7.68. The minimum Gasteiger partial charge on any atom is -0.388 e. The number of nitrogens with zero attached hydrogens (tertiary/aromatic N) is 4. The molecule has 0 atom stereocenters. The number of benzene rings is 6. The monoisotopic (exact) mass is 808 g/mol. The van der Waals surface area contributed by atoms with Gasteiger partial charge < -0.3 is 36.4 Å². The third-order valence-corrected chi connectivity index (χ3v) is 14.2. The molecule has 0 saturated carbocycles. The van der Waals surface area contributed by atoms with Crippen LogP contribution in [0.5, 0.6) is 0 Å². The summed E-state index contributed by atoms with van der Waals surface area (Å²) in [5.41, 5.74) is 16.4. The molecule has 0 spiro atoms. The zero-order valence-corrected chi connectivity index (χ0v) is 36.0. The Kier molecular flexibility index (Phi) is 9.38. The molecule has 57 heavy (non-hydrogen) atoms. The van der Waals surface area contributed by atoms with E-state index < -0.39 is 0 Å². The second-order valence-electron chi connectivity index (χ2n) is 14.9. The van der Waals surface area contributed by atoms with Crippen molar-refractivity contribution in [1.29, 1.82) is 0 Å². The lowest BCUT2D eigenvalue weighted by molar-refractivity contribution is 0.815. The Morgan fingerprint density at radius 1 is 0.579 bits per heavy atom.